The molecule has 0 spiro atoms. The number of fused-ring (bicyclic) bond motifs is 3. The molecule has 4 aliphatic heterocycles. The molecule has 0 aromatic heterocycles. The van der Waals surface area contributed by atoms with Gasteiger partial charge in [-0.1, -0.05) is 30.8 Å². The molecule has 8 heteroatoms. The number of benzene rings is 3. The van der Waals surface area contributed by atoms with E-state index < -0.39 is 0 Å². The van der Waals surface area contributed by atoms with Crippen molar-refractivity contribution in [3.8, 4) is 5.69 Å². The van der Waals surface area contributed by atoms with Crippen LogP contribution < -0.4 is 15.9 Å². The van der Waals surface area contributed by atoms with Gasteiger partial charge in [0.15, 0.2) is 11.2 Å². The molecule has 2 saturated heterocycles. The summed E-state index contributed by atoms with van der Waals surface area (Å²) in [4.78, 5) is 18.4. The fourth-order valence-corrected chi connectivity index (χ4v) is 6.83. The van der Waals surface area contributed by atoms with Gasteiger partial charge in [0, 0.05) is 43.8 Å². The molecule has 4 heterocycles. The lowest BCUT2D eigenvalue weighted by atomic mass is 10.0. The van der Waals surface area contributed by atoms with Gasteiger partial charge in [0.05, 0.1) is 35.7 Å². The SMILES string of the molecule is C=c1c(C(=O)NCCC2CCCN2C)cn2c3cc4ccccc4cc3oc3c(NCCCN4CCOCC4)ccc1c3-2. The average Bonchev–Trinajstić information content (AvgIpc) is 3.44. The maximum Gasteiger partial charge on any atom is 0.253 e. The largest absolute Gasteiger partial charge is 0.451 e. The van der Waals surface area contributed by atoms with E-state index in [0.717, 1.165) is 108 Å². The predicted octanol–water partition coefficient (Wildman–Crippen LogP) is 5.01. The molecule has 0 saturated carbocycles. The van der Waals surface area contributed by atoms with Crippen molar-refractivity contribution >= 4 is 51.0 Å². The van der Waals surface area contributed by atoms with Crippen molar-refractivity contribution in [2.45, 2.75) is 31.7 Å². The molecule has 1 unspecified atom stereocenters. The number of hydrogen-bond donors (Lipinski definition) is 2. The van der Waals surface area contributed by atoms with E-state index in [1.54, 1.807) is 0 Å². The molecular formula is C35H41N5O3. The fraction of sp³-hybridized carbons (Fsp3) is 0.400. The highest BCUT2D eigenvalue weighted by atomic mass is 16.5. The summed E-state index contributed by atoms with van der Waals surface area (Å²) < 4.78 is 14.3. The number of likely N-dealkylation sites (tertiary alicyclic amines) is 1. The van der Waals surface area contributed by atoms with Crippen molar-refractivity contribution in [1.29, 1.82) is 0 Å². The molecule has 3 aromatic carbocycles. The van der Waals surface area contributed by atoms with Gasteiger partial charge in [-0.2, -0.15) is 0 Å². The van der Waals surface area contributed by atoms with Crippen LogP contribution in [-0.2, 0) is 4.74 Å². The number of rotatable bonds is 9. The molecule has 3 aromatic rings. The number of pyridine rings is 1. The van der Waals surface area contributed by atoms with Gasteiger partial charge >= 0.3 is 0 Å². The molecule has 43 heavy (non-hydrogen) atoms. The summed E-state index contributed by atoms with van der Waals surface area (Å²) in [5.41, 5.74) is 4.92. The topological polar surface area (TPSA) is 74.9 Å². The Hall–Kier alpha value is -3.85. The minimum Gasteiger partial charge on any atom is -0.451 e. The molecule has 7 rings (SSSR count). The highest BCUT2D eigenvalue weighted by molar-refractivity contribution is 6.03. The minimum absolute atomic E-state index is 0.0861. The number of anilines is 1. The highest BCUT2D eigenvalue weighted by Crippen LogP contribution is 2.36. The van der Waals surface area contributed by atoms with Crippen LogP contribution >= 0.6 is 0 Å². The normalized spacial score (nSPS) is 18.3. The van der Waals surface area contributed by atoms with Crippen LogP contribution in [0.1, 0.15) is 36.0 Å². The van der Waals surface area contributed by atoms with Crippen LogP contribution in [0, 0.1) is 0 Å². The summed E-state index contributed by atoms with van der Waals surface area (Å²) in [6, 6.07) is 17.2. The molecule has 4 aliphatic rings. The minimum atomic E-state index is -0.0861. The Morgan fingerprint density at radius 3 is 2.65 bits per heavy atom. The van der Waals surface area contributed by atoms with E-state index in [-0.39, 0.29) is 5.91 Å². The first-order chi connectivity index (χ1) is 21.1. The van der Waals surface area contributed by atoms with Gasteiger partial charge in [-0.25, -0.2) is 0 Å². The van der Waals surface area contributed by atoms with E-state index in [1.165, 1.54) is 12.8 Å². The fourth-order valence-electron chi connectivity index (χ4n) is 6.83. The van der Waals surface area contributed by atoms with Gasteiger partial charge in [-0.15, -0.1) is 0 Å². The van der Waals surface area contributed by atoms with Crippen molar-refractivity contribution in [3.63, 3.8) is 0 Å². The van der Waals surface area contributed by atoms with Crippen molar-refractivity contribution in [2.75, 3.05) is 64.8 Å². The predicted molar refractivity (Wildman–Crippen MR) is 174 cm³/mol. The number of carbonyl (C=O) groups excluding carboxylic acids is 1. The maximum atomic E-state index is 13.6. The first-order valence-electron chi connectivity index (χ1n) is 15.7. The lowest BCUT2D eigenvalue weighted by Crippen LogP contribution is -2.37. The van der Waals surface area contributed by atoms with Gasteiger partial charge < -0.3 is 29.3 Å². The van der Waals surface area contributed by atoms with Crippen LogP contribution in [0.3, 0.4) is 0 Å². The molecule has 0 radical (unpaired) electrons. The summed E-state index contributed by atoms with van der Waals surface area (Å²) in [5, 5.41) is 10.7. The summed E-state index contributed by atoms with van der Waals surface area (Å²) in [7, 11) is 2.17. The zero-order valence-corrected chi connectivity index (χ0v) is 25.0. The summed E-state index contributed by atoms with van der Waals surface area (Å²) >= 11 is 0. The smallest absolute Gasteiger partial charge is 0.253 e. The van der Waals surface area contributed by atoms with E-state index in [9.17, 15) is 4.79 Å². The van der Waals surface area contributed by atoms with Gasteiger partial charge in [-0.3, -0.25) is 9.69 Å². The monoisotopic (exact) mass is 579 g/mol. The van der Waals surface area contributed by atoms with Crippen LogP contribution in [0.2, 0.25) is 0 Å². The molecule has 1 atom stereocenters. The van der Waals surface area contributed by atoms with Crippen molar-refractivity contribution in [1.82, 2.24) is 19.7 Å². The summed E-state index contributed by atoms with van der Waals surface area (Å²) in [6.07, 6.45) is 6.35. The molecule has 1 amide bonds. The Kier molecular flexibility index (Phi) is 7.82. The van der Waals surface area contributed by atoms with Gasteiger partial charge in [0.1, 0.15) is 0 Å². The van der Waals surface area contributed by atoms with Crippen LogP contribution in [0.15, 0.2) is 59.1 Å². The standard InChI is InChI=1S/C35H41N5O3/c1-24-28-10-11-30(36-13-6-16-39-17-19-42-20-18-39)34-33(28)40(31-21-25-7-3-4-8-26(25)22-32(31)43-34)23-29(24)35(41)37-14-12-27-9-5-15-38(27)2/h3-4,7-8,10-11,21-23,27,36H,1,5-6,9,12-20H2,2H3,(H,37,41). The van der Waals surface area contributed by atoms with Crippen LogP contribution in [-0.4, -0.2) is 85.8 Å². The Morgan fingerprint density at radius 2 is 1.86 bits per heavy atom. The molecule has 2 N–H and O–H groups in total. The van der Waals surface area contributed by atoms with Crippen LogP contribution in [0.25, 0.3) is 45.1 Å². The zero-order chi connectivity index (χ0) is 29.3. The van der Waals surface area contributed by atoms with E-state index in [1.807, 2.05) is 18.3 Å². The maximum absolute atomic E-state index is 13.6. The second kappa shape index (κ2) is 12.0. The summed E-state index contributed by atoms with van der Waals surface area (Å²) in [6.45, 7) is 11.7. The number of ether oxygens (including phenoxy) is 1. The molecule has 2 fully saturated rings. The quantitative estimate of drug-likeness (QED) is 0.145. The number of aromatic nitrogens is 1. The molecular weight excluding hydrogens is 538 g/mol. The average molecular weight is 580 g/mol. The number of amides is 1. The molecule has 224 valence electrons. The number of morpholine rings is 1. The molecule has 8 nitrogen and oxygen atoms in total. The molecule has 0 aliphatic carbocycles. The lowest BCUT2D eigenvalue weighted by Gasteiger charge is -2.26. The van der Waals surface area contributed by atoms with E-state index in [2.05, 4.69) is 75.0 Å². The Balaban J connectivity index is 1.25. The lowest BCUT2D eigenvalue weighted by molar-refractivity contribution is 0.0378. The Bertz CT molecular complexity index is 1800. The Labute approximate surface area is 252 Å². The second-order valence-corrected chi connectivity index (χ2v) is 12.1. The van der Waals surface area contributed by atoms with Gasteiger partial charge in [0.2, 0.25) is 0 Å². The van der Waals surface area contributed by atoms with Crippen molar-refractivity contribution in [3.05, 3.63) is 65.5 Å². The summed E-state index contributed by atoms with van der Waals surface area (Å²) in [5.74, 6) is -0.0861. The third kappa shape index (κ3) is 5.51. The van der Waals surface area contributed by atoms with E-state index in [4.69, 9.17) is 9.15 Å². The zero-order valence-electron chi connectivity index (χ0n) is 25.0. The first kappa shape index (κ1) is 28.0. The van der Waals surface area contributed by atoms with E-state index in [0.29, 0.717) is 18.2 Å². The number of nitrogens with zero attached hydrogens (tertiary/aromatic N) is 3. The first-order valence-corrected chi connectivity index (χ1v) is 15.7. The second-order valence-electron chi connectivity index (χ2n) is 12.1. The van der Waals surface area contributed by atoms with Crippen LogP contribution in [0.5, 0.6) is 0 Å². The van der Waals surface area contributed by atoms with Crippen molar-refractivity contribution < 1.29 is 13.9 Å². The number of carbonyl (C=O) groups is 1. The van der Waals surface area contributed by atoms with Crippen molar-refractivity contribution in [2.24, 2.45) is 0 Å². The highest BCUT2D eigenvalue weighted by Gasteiger charge is 2.23. The third-order valence-electron chi connectivity index (χ3n) is 9.33. The van der Waals surface area contributed by atoms with Gasteiger partial charge in [0.25, 0.3) is 5.91 Å². The number of nitrogens with one attached hydrogen (secondary N) is 2. The third-order valence-corrected chi connectivity index (χ3v) is 9.33. The molecule has 0 bridgehead atoms. The van der Waals surface area contributed by atoms with E-state index >= 15 is 0 Å². The van der Waals surface area contributed by atoms with Crippen LogP contribution in [0.4, 0.5) is 5.69 Å². The number of hydrogen-bond acceptors (Lipinski definition) is 6. The van der Waals surface area contributed by atoms with Gasteiger partial charge in [-0.05, 0) is 86.1 Å². The Morgan fingerprint density at radius 1 is 1.05 bits per heavy atom.